The maximum Gasteiger partial charge on any atom is 0.419 e. The van der Waals surface area contributed by atoms with Crippen molar-refractivity contribution in [3.8, 4) is 22.8 Å². The lowest BCUT2D eigenvalue weighted by molar-refractivity contribution is -0.139. The van der Waals surface area contributed by atoms with E-state index in [0.717, 1.165) is 11.6 Å². The average molecular weight is 636 g/mol. The molecule has 0 radical (unpaired) electrons. The molecule has 1 aliphatic heterocycles. The van der Waals surface area contributed by atoms with E-state index < -0.39 is 32.9 Å². The molecule has 0 spiro atoms. The number of fused-ring (bicyclic) bond motifs is 1. The van der Waals surface area contributed by atoms with Crippen molar-refractivity contribution >= 4 is 26.7 Å². The first-order valence-corrected chi connectivity index (χ1v) is 15.8. The van der Waals surface area contributed by atoms with Crippen LogP contribution < -0.4 is 19.2 Å². The molecule has 7 nitrogen and oxygen atoms in total. The average Bonchev–Trinajstić information content (AvgIpc) is 3.38. The molecule has 0 N–H and O–H groups in total. The number of alkyl halides is 3. The fourth-order valence-electron chi connectivity index (χ4n) is 5.30. The number of halogens is 3. The molecule has 5 aromatic rings. The molecule has 232 valence electrons. The first kappa shape index (κ1) is 30.3. The fourth-order valence-corrected chi connectivity index (χ4v) is 6.86. The highest BCUT2D eigenvalue weighted by molar-refractivity contribution is 7.93. The van der Waals surface area contributed by atoms with E-state index in [1.165, 1.54) is 16.4 Å². The van der Waals surface area contributed by atoms with E-state index in [1.807, 2.05) is 6.07 Å². The Morgan fingerprint density at radius 1 is 0.867 bits per heavy atom. The standard InChI is InChI=1S/C34H28F3NO6S/c1-22-17-26-30(39)33(43-21-24-11-6-3-7-12-24)31(44-32(26)28(18-22)38-15-8-16-45(38,40)41)25-13-14-29(27(19-25)34(35,36)37)42-20-23-9-4-2-5-10-23/h2-7,9-14,17-19H,8,15-16,20-21H2,1H3. The Kier molecular flexibility index (Phi) is 8.05. The van der Waals surface area contributed by atoms with Crippen LogP contribution in [0.2, 0.25) is 0 Å². The number of nitrogens with zero attached hydrogens (tertiary/aromatic N) is 1. The number of rotatable bonds is 8. The van der Waals surface area contributed by atoms with Gasteiger partial charge in [0.05, 0.1) is 22.4 Å². The van der Waals surface area contributed by atoms with E-state index in [-0.39, 0.29) is 59.2 Å². The van der Waals surface area contributed by atoms with Gasteiger partial charge in [0.15, 0.2) is 11.3 Å². The molecule has 0 aliphatic carbocycles. The molecule has 6 rings (SSSR count). The van der Waals surface area contributed by atoms with Gasteiger partial charge in [0.25, 0.3) is 0 Å². The molecule has 1 saturated heterocycles. The van der Waals surface area contributed by atoms with Crippen molar-refractivity contribution in [1.29, 1.82) is 0 Å². The Balaban J connectivity index is 1.53. The Morgan fingerprint density at radius 2 is 1.51 bits per heavy atom. The highest BCUT2D eigenvalue weighted by atomic mass is 32.2. The summed E-state index contributed by atoms with van der Waals surface area (Å²) < 4.78 is 87.9. The van der Waals surface area contributed by atoms with Crippen LogP contribution in [0.25, 0.3) is 22.3 Å². The minimum Gasteiger partial charge on any atom is -0.488 e. The predicted molar refractivity (Wildman–Crippen MR) is 165 cm³/mol. The number of anilines is 1. The van der Waals surface area contributed by atoms with Crippen molar-refractivity contribution in [2.45, 2.75) is 32.7 Å². The second kappa shape index (κ2) is 12.0. The normalized spacial score (nSPS) is 14.5. The van der Waals surface area contributed by atoms with Crippen LogP contribution in [0.4, 0.5) is 18.9 Å². The fraction of sp³-hybridized carbons (Fsp3) is 0.206. The number of ether oxygens (including phenoxy) is 2. The van der Waals surface area contributed by atoms with E-state index in [0.29, 0.717) is 17.5 Å². The minimum atomic E-state index is -4.81. The van der Waals surface area contributed by atoms with Gasteiger partial charge in [-0.05, 0) is 60.4 Å². The summed E-state index contributed by atoms with van der Waals surface area (Å²) >= 11 is 0. The second-order valence-corrected chi connectivity index (χ2v) is 12.8. The van der Waals surface area contributed by atoms with Gasteiger partial charge in [-0.2, -0.15) is 13.2 Å². The van der Waals surface area contributed by atoms with Crippen LogP contribution in [0.3, 0.4) is 0 Å². The van der Waals surface area contributed by atoms with E-state index in [9.17, 15) is 26.4 Å². The highest BCUT2D eigenvalue weighted by Crippen LogP contribution is 2.42. The Hall–Kier alpha value is -4.77. The highest BCUT2D eigenvalue weighted by Gasteiger charge is 2.36. The Morgan fingerprint density at radius 3 is 2.11 bits per heavy atom. The molecule has 4 aromatic carbocycles. The summed E-state index contributed by atoms with van der Waals surface area (Å²) in [5.41, 5.74) is 0.300. The van der Waals surface area contributed by atoms with E-state index in [4.69, 9.17) is 13.9 Å². The summed E-state index contributed by atoms with van der Waals surface area (Å²) in [6, 6.07) is 24.3. The SMILES string of the molecule is Cc1cc(N2CCCS2(=O)=O)c2oc(-c3ccc(OCc4ccccc4)c(C(F)(F)F)c3)c(OCc3ccccc3)c(=O)c2c1. The molecule has 0 amide bonds. The number of sulfonamides is 1. The summed E-state index contributed by atoms with van der Waals surface area (Å²) in [4.78, 5) is 14.0. The zero-order valence-electron chi connectivity index (χ0n) is 24.1. The summed E-state index contributed by atoms with van der Waals surface area (Å²) in [7, 11) is -3.68. The van der Waals surface area contributed by atoms with Crippen LogP contribution in [0.5, 0.6) is 11.5 Å². The van der Waals surface area contributed by atoms with Gasteiger partial charge in [0.2, 0.25) is 21.2 Å². The van der Waals surface area contributed by atoms with Gasteiger partial charge in [0, 0.05) is 12.1 Å². The number of aryl methyl sites for hydroxylation is 1. The molecule has 1 aliphatic rings. The van der Waals surface area contributed by atoms with Crippen LogP contribution in [-0.4, -0.2) is 20.7 Å². The minimum absolute atomic E-state index is 0.0535. The molecule has 45 heavy (non-hydrogen) atoms. The maximum atomic E-state index is 14.4. The van der Waals surface area contributed by atoms with Gasteiger partial charge in [-0.1, -0.05) is 60.7 Å². The number of hydrogen-bond donors (Lipinski definition) is 0. The lowest BCUT2D eigenvalue weighted by atomic mass is 10.0. The van der Waals surface area contributed by atoms with E-state index in [1.54, 1.807) is 73.7 Å². The van der Waals surface area contributed by atoms with Crippen LogP contribution in [0.1, 0.15) is 28.7 Å². The van der Waals surface area contributed by atoms with Gasteiger partial charge >= 0.3 is 6.18 Å². The lowest BCUT2D eigenvalue weighted by Gasteiger charge is -2.21. The summed E-state index contributed by atoms with van der Waals surface area (Å²) in [5, 5.41) is 0.0535. The molecule has 11 heteroatoms. The first-order valence-electron chi connectivity index (χ1n) is 14.2. The van der Waals surface area contributed by atoms with Crippen LogP contribution >= 0.6 is 0 Å². The van der Waals surface area contributed by atoms with Gasteiger partial charge in [0.1, 0.15) is 19.0 Å². The third kappa shape index (κ3) is 6.26. The molecular weight excluding hydrogens is 607 g/mol. The monoisotopic (exact) mass is 635 g/mol. The van der Waals surface area contributed by atoms with Crippen molar-refractivity contribution in [3.63, 3.8) is 0 Å². The topological polar surface area (TPSA) is 86.1 Å². The molecular formula is C34H28F3NO6S. The first-order chi connectivity index (χ1) is 21.5. The Labute approximate surface area is 257 Å². The van der Waals surface area contributed by atoms with E-state index >= 15 is 0 Å². The van der Waals surface area contributed by atoms with Crippen molar-refractivity contribution < 1.29 is 35.5 Å². The van der Waals surface area contributed by atoms with Crippen LogP contribution in [0.15, 0.2) is 100 Å². The summed E-state index contributed by atoms with van der Waals surface area (Å²) in [5.74, 6) is -1.02. The van der Waals surface area contributed by atoms with Crippen LogP contribution in [0, 0.1) is 6.92 Å². The number of benzene rings is 4. The van der Waals surface area contributed by atoms with Gasteiger partial charge in [-0.3, -0.25) is 9.10 Å². The quantitative estimate of drug-likeness (QED) is 0.176. The molecule has 2 heterocycles. The van der Waals surface area contributed by atoms with Crippen molar-refractivity contribution in [1.82, 2.24) is 0 Å². The van der Waals surface area contributed by atoms with Crippen LogP contribution in [-0.2, 0) is 29.4 Å². The number of hydrogen-bond acceptors (Lipinski definition) is 6. The molecule has 0 bridgehead atoms. The second-order valence-electron chi connectivity index (χ2n) is 10.7. The van der Waals surface area contributed by atoms with Gasteiger partial charge in [-0.25, -0.2) is 8.42 Å². The van der Waals surface area contributed by atoms with Crippen molar-refractivity contribution in [3.05, 3.63) is 123 Å². The smallest absolute Gasteiger partial charge is 0.419 e. The zero-order chi connectivity index (χ0) is 31.8. The molecule has 0 atom stereocenters. The van der Waals surface area contributed by atoms with Crippen molar-refractivity contribution in [2.75, 3.05) is 16.6 Å². The zero-order valence-corrected chi connectivity index (χ0v) is 25.0. The lowest BCUT2D eigenvalue weighted by Crippen LogP contribution is -2.25. The summed E-state index contributed by atoms with van der Waals surface area (Å²) in [6.07, 6.45) is -4.43. The van der Waals surface area contributed by atoms with E-state index in [2.05, 4.69) is 0 Å². The molecule has 1 aromatic heterocycles. The molecule has 0 unspecified atom stereocenters. The third-order valence-corrected chi connectivity index (χ3v) is 9.31. The van der Waals surface area contributed by atoms with Crippen molar-refractivity contribution in [2.24, 2.45) is 0 Å². The summed E-state index contributed by atoms with van der Waals surface area (Å²) in [6.45, 7) is 1.74. The Bertz CT molecular complexity index is 2030. The van der Waals surface area contributed by atoms with Gasteiger partial charge in [-0.15, -0.1) is 0 Å². The third-order valence-electron chi connectivity index (χ3n) is 7.45. The maximum absolute atomic E-state index is 14.4. The molecule has 1 fully saturated rings. The van der Waals surface area contributed by atoms with Gasteiger partial charge < -0.3 is 13.9 Å². The largest absolute Gasteiger partial charge is 0.488 e. The predicted octanol–water partition coefficient (Wildman–Crippen LogP) is 7.49. The molecule has 0 saturated carbocycles.